The van der Waals surface area contributed by atoms with E-state index in [0.717, 1.165) is 36.1 Å². The highest BCUT2D eigenvalue weighted by atomic mass is 16.1. The molecule has 0 aliphatic carbocycles. The van der Waals surface area contributed by atoms with Crippen molar-refractivity contribution in [3.63, 3.8) is 0 Å². The van der Waals surface area contributed by atoms with E-state index < -0.39 is 0 Å². The van der Waals surface area contributed by atoms with Crippen molar-refractivity contribution >= 4 is 22.4 Å². The molecule has 2 atom stereocenters. The van der Waals surface area contributed by atoms with Gasteiger partial charge in [0.25, 0.3) is 5.91 Å². The highest BCUT2D eigenvalue weighted by molar-refractivity contribution is 5.94. The lowest BCUT2D eigenvalue weighted by molar-refractivity contribution is -0.869. The number of anilines is 1. The quantitative estimate of drug-likeness (QED) is 0.511. The molecule has 0 bridgehead atoms. The number of fused-ring (bicyclic) bond motifs is 1. The van der Waals surface area contributed by atoms with Crippen molar-refractivity contribution in [1.29, 1.82) is 0 Å². The summed E-state index contributed by atoms with van der Waals surface area (Å²) in [5.41, 5.74) is 3.26. The van der Waals surface area contributed by atoms with E-state index in [9.17, 15) is 4.79 Å². The van der Waals surface area contributed by atoms with Gasteiger partial charge in [-0.2, -0.15) is 0 Å². The Morgan fingerprint density at radius 1 is 1.03 bits per heavy atom. The van der Waals surface area contributed by atoms with E-state index in [1.165, 1.54) is 22.0 Å². The summed E-state index contributed by atoms with van der Waals surface area (Å²) in [5, 5.41) is 9.48. The molecule has 1 saturated heterocycles. The van der Waals surface area contributed by atoms with Gasteiger partial charge in [0.1, 0.15) is 0 Å². The van der Waals surface area contributed by atoms with Gasteiger partial charge in [-0.3, -0.25) is 4.79 Å². The summed E-state index contributed by atoms with van der Waals surface area (Å²) in [6.07, 6.45) is 1.11. The van der Waals surface area contributed by atoms with Gasteiger partial charge in [0, 0.05) is 36.4 Å². The zero-order chi connectivity index (χ0) is 23.4. The minimum atomic E-state index is -0.000113. The average molecular weight is 446 g/mol. The smallest absolute Gasteiger partial charge is 0.251 e. The van der Waals surface area contributed by atoms with Crippen LogP contribution in [0.3, 0.4) is 0 Å². The Kier molecular flexibility index (Phi) is 7.01. The molecule has 174 valence electrons. The van der Waals surface area contributed by atoms with Crippen molar-refractivity contribution in [2.75, 3.05) is 52.2 Å². The van der Waals surface area contributed by atoms with Crippen LogP contribution in [0.15, 0.2) is 66.7 Å². The topological polar surface area (TPSA) is 44.4 Å². The van der Waals surface area contributed by atoms with Gasteiger partial charge in [-0.05, 0) is 53.9 Å². The monoisotopic (exact) mass is 445 g/mol. The summed E-state index contributed by atoms with van der Waals surface area (Å²) >= 11 is 0. The number of carbonyl (C=O) groups excluding carboxylic acids is 1. The number of amides is 1. The molecule has 1 aliphatic rings. The third-order valence-corrected chi connectivity index (χ3v) is 6.53. The molecule has 3 aromatic rings. The van der Waals surface area contributed by atoms with Crippen molar-refractivity contribution in [3.05, 3.63) is 77.9 Å². The van der Waals surface area contributed by atoms with Gasteiger partial charge in [0.05, 0.1) is 34.2 Å². The molecule has 1 aliphatic heterocycles. The third kappa shape index (κ3) is 5.92. The van der Waals surface area contributed by atoms with Crippen molar-refractivity contribution in [1.82, 2.24) is 10.6 Å². The predicted molar refractivity (Wildman–Crippen MR) is 138 cm³/mol. The maximum Gasteiger partial charge on any atom is 0.251 e. The molecule has 1 fully saturated rings. The molecule has 3 aromatic carbocycles. The standard InChI is InChI=1S/C28H36N4O/c1-21(26-11-7-9-22-8-5-6-10-27(22)26)30-24-16-18-31(20-24)25-14-12-23(13-15-25)28(33)29-17-19-32(2,3)4/h5-15,21,24,30H,16-20H2,1-4H3/p+1/t21-,24+/m1/s1. The first-order valence-corrected chi connectivity index (χ1v) is 12.0. The SMILES string of the molecule is C[C@@H](N[C@H]1CCN(c2ccc(C(=O)NCC[N+](C)(C)C)cc2)C1)c1cccc2ccccc12. The number of quaternary nitrogens is 1. The maximum absolute atomic E-state index is 12.4. The predicted octanol–water partition coefficient (Wildman–Crippen LogP) is 4.21. The zero-order valence-electron chi connectivity index (χ0n) is 20.3. The summed E-state index contributed by atoms with van der Waals surface area (Å²) in [6.45, 7) is 5.84. The minimum absolute atomic E-state index is 0.000113. The van der Waals surface area contributed by atoms with Gasteiger partial charge in [0.2, 0.25) is 0 Å². The van der Waals surface area contributed by atoms with Crippen LogP contribution in [0.4, 0.5) is 5.69 Å². The zero-order valence-corrected chi connectivity index (χ0v) is 20.3. The average Bonchev–Trinajstić information content (AvgIpc) is 3.26. The van der Waals surface area contributed by atoms with Crippen LogP contribution in [-0.2, 0) is 0 Å². The highest BCUT2D eigenvalue weighted by Crippen LogP contribution is 2.27. The first-order valence-electron chi connectivity index (χ1n) is 12.0. The maximum atomic E-state index is 12.4. The molecule has 5 nitrogen and oxygen atoms in total. The van der Waals surface area contributed by atoms with Crippen LogP contribution in [0, 0.1) is 0 Å². The Bertz CT molecular complexity index is 1080. The van der Waals surface area contributed by atoms with Gasteiger partial charge in [-0.15, -0.1) is 0 Å². The fourth-order valence-corrected chi connectivity index (χ4v) is 4.63. The lowest BCUT2D eigenvalue weighted by atomic mass is 9.99. The highest BCUT2D eigenvalue weighted by Gasteiger charge is 2.24. The molecule has 2 N–H and O–H groups in total. The number of nitrogens with one attached hydrogen (secondary N) is 2. The van der Waals surface area contributed by atoms with E-state index >= 15 is 0 Å². The first-order chi connectivity index (χ1) is 15.8. The van der Waals surface area contributed by atoms with Crippen molar-refractivity contribution in [2.45, 2.75) is 25.4 Å². The van der Waals surface area contributed by atoms with Crippen molar-refractivity contribution in [2.24, 2.45) is 0 Å². The molecule has 0 radical (unpaired) electrons. The number of benzene rings is 3. The molecule has 1 amide bonds. The second-order valence-corrected chi connectivity index (χ2v) is 10.2. The van der Waals surface area contributed by atoms with Gasteiger partial charge >= 0.3 is 0 Å². The summed E-state index contributed by atoms with van der Waals surface area (Å²) < 4.78 is 0.836. The lowest BCUT2D eigenvalue weighted by Gasteiger charge is -2.24. The van der Waals surface area contributed by atoms with E-state index in [1.54, 1.807) is 0 Å². The van der Waals surface area contributed by atoms with Crippen LogP contribution in [0.25, 0.3) is 10.8 Å². The lowest BCUT2D eigenvalue weighted by Crippen LogP contribution is -2.41. The second-order valence-electron chi connectivity index (χ2n) is 10.2. The molecule has 1 heterocycles. The Labute approximate surface area is 198 Å². The molecule has 5 heteroatoms. The van der Waals surface area contributed by atoms with Crippen molar-refractivity contribution in [3.8, 4) is 0 Å². The fraction of sp³-hybridized carbons (Fsp3) is 0.393. The van der Waals surface area contributed by atoms with Gasteiger partial charge < -0.3 is 20.0 Å². The summed E-state index contributed by atoms with van der Waals surface area (Å²) in [6, 6.07) is 23.9. The van der Waals surface area contributed by atoms with Gasteiger partial charge in [-0.1, -0.05) is 42.5 Å². The third-order valence-electron chi connectivity index (χ3n) is 6.53. The number of hydrogen-bond acceptors (Lipinski definition) is 3. The van der Waals surface area contributed by atoms with Crippen LogP contribution in [-0.4, -0.2) is 63.8 Å². The number of rotatable bonds is 8. The molecular formula is C28H37N4O+. The van der Waals surface area contributed by atoms with E-state index in [2.05, 4.69) is 98.2 Å². The Morgan fingerprint density at radius 3 is 2.52 bits per heavy atom. The number of hydrogen-bond donors (Lipinski definition) is 2. The van der Waals surface area contributed by atoms with Crippen LogP contribution < -0.4 is 15.5 Å². The molecule has 0 unspecified atom stereocenters. The van der Waals surface area contributed by atoms with E-state index in [4.69, 9.17) is 0 Å². The largest absolute Gasteiger partial charge is 0.370 e. The van der Waals surface area contributed by atoms with Crippen LogP contribution in [0.5, 0.6) is 0 Å². The molecule has 0 spiro atoms. The van der Waals surface area contributed by atoms with Gasteiger partial charge in [0.15, 0.2) is 0 Å². The van der Waals surface area contributed by atoms with E-state index in [1.807, 2.05) is 12.1 Å². The van der Waals surface area contributed by atoms with Gasteiger partial charge in [-0.25, -0.2) is 0 Å². The number of carbonyl (C=O) groups is 1. The van der Waals surface area contributed by atoms with Crippen LogP contribution in [0.1, 0.15) is 35.3 Å². The summed E-state index contributed by atoms with van der Waals surface area (Å²) in [7, 11) is 6.38. The van der Waals surface area contributed by atoms with Crippen molar-refractivity contribution < 1.29 is 9.28 Å². The Balaban J connectivity index is 1.32. The minimum Gasteiger partial charge on any atom is -0.370 e. The molecule has 0 aromatic heterocycles. The number of likely N-dealkylation sites (N-methyl/N-ethyl adjacent to an activating group) is 1. The first kappa shape index (κ1) is 23.3. The van der Waals surface area contributed by atoms with Crippen LogP contribution in [0.2, 0.25) is 0 Å². The number of nitrogens with zero attached hydrogens (tertiary/aromatic N) is 2. The molecule has 33 heavy (non-hydrogen) atoms. The Morgan fingerprint density at radius 2 is 1.76 bits per heavy atom. The molecular weight excluding hydrogens is 408 g/mol. The normalized spacial score (nSPS) is 17.3. The van der Waals surface area contributed by atoms with Crippen LogP contribution >= 0.6 is 0 Å². The fourth-order valence-electron chi connectivity index (χ4n) is 4.63. The molecule has 0 saturated carbocycles. The summed E-state index contributed by atoms with van der Waals surface area (Å²) in [5.74, 6) is -0.000113. The van der Waals surface area contributed by atoms with E-state index in [-0.39, 0.29) is 5.91 Å². The van der Waals surface area contributed by atoms with E-state index in [0.29, 0.717) is 18.6 Å². The Hall–Kier alpha value is -2.89. The summed E-state index contributed by atoms with van der Waals surface area (Å²) in [4.78, 5) is 14.8. The second kappa shape index (κ2) is 9.94. The molecule has 4 rings (SSSR count).